The molecule has 7 nitrogen and oxygen atoms in total. The summed E-state index contributed by atoms with van der Waals surface area (Å²) in [6.45, 7) is 3.59. The fourth-order valence-corrected chi connectivity index (χ4v) is 2.62. The number of hydrogen-bond donors (Lipinski definition) is 1. The van der Waals surface area contributed by atoms with Crippen molar-refractivity contribution in [2.75, 3.05) is 44.7 Å². The van der Waals surface area contributed by atoms with Gasteiger partial charge in [0.1, 0.15) is 5.52 Å². The average Bonchev–Trinajstić information content (AvgIpc) is 2.89. The molecule has 1 amide bonds. The fourth-order valence-electron chi connectivity index (χ4n) is 2.62. The number of nitrogens with one attached hydrogen (secondary N) is 1. The van der Waals surface area contributed by atoms with Crippen molar-refractivity contribution in [2.45, 2.75) is 0 Å². The summed E-state index contributed by atoms with van der Waals surface area (Å²) in [5.41, 5.74) is 1.84. The van der Waals surface area contributed by atoms with Gasteiger partial charge in [0.05, 0.1) is 18.4 Å². The van der Waals surface area contributed by atoms with Crippen LogP contribution in [0.3, 0.4) is 0 Å². The van der Waals surface area contributed by atoms with Crippen molar-refractivity contribution in [2.24, 2.45) is 7.05 Å². The number of aryl methyl sites for hydroxylation is 1. The van der Waals surface area contributed by atoms with Gasteiger partial charge in [-0.2, -0.15) is 0 Å². The molecular formula is C14H20N6O. The highest BCUT2D eigenvalue weighted by Gasteiger charge is 2.19. The minimum absolute atomic E-state index is 0.133. The predicted octanol–water partition coefficient (Wildman–Crippen LogP) is -0.164. The van der Waals surface area contributed by atoms with Gasteiger partial charge in [-0.25, -0.2) is 9.97 Å². The van der Waals surface area contributed by atoms with Crippen molar-refractivity contribution >= 4 is 22.8 Å². The smallest absolute Gasteiger partial charge is 0.242 e. The Morgan fingerprint density at radius 1 is 1.38 bits per heavy atom. The quantitative estimate of drug-likeness (QED) is 0.850. The van der Waals surface area contributed by atoms with Crippen molar-refractivity contribution in [3.05, 3.63) is 18.6 Å². The van der Waals surface area contributed by atoms with Gasteiger partial charge < -0.3 is 19.7 Å². The maximum Gasteiger partial charge on any atom is 0.242 e. The SMILES string of the molecule is CN(CC(=O)N1CCNCC1)c1nccc2c1ncn2C. The van der Waals surface area contributed by atoms with Gasteiger partial charge in [0.15, 0.2) is 5.82 Å². The molecule has 3 heterocycles. The highest BCUT2D eigenvalue weighted by molar-refractivity contribution is 5.89. The molecule has 21 heavy (non-hydrogen) atoms. The topological polar surface area (TPSA) is 66.3 Å². The Bertz CT molecular complexity index is 646. The summed E-state index contributed by atoms with van der Waals surface area (Å²) >= 11 is 0. The summed E-state index contributed by atoms with van der Waals surface area (Å²) in [6, 6.07) is 1.93. The third kappa shape index (κ3) is 2.69. The van der Waals surface area contributed by atoms with Gasteiger partial charge in [-0.15, -0.1) is 0 Å². The standard InChI is InChI=1S/C14H20N6O/c1-18(9-12(21)20-7-5-15-6-8-20)14-13-11(3-4-16-14)19(2)10-17-13/h3-4,10,15H,5-9H2,1-2H3. The molecular weight excluding hydrogens is 268 g/mol. The van der Waals surface area contributed by atoms with Crippen LogP contribution in [0.4, 0.5) is 5.82 Å². The van der Waals surface area contributed by atoms with Gasteiger partial charge >= 0.3 is 0 Å². The van der Waals surface area contributed by atoms with Crippen LogP contribution >= 0.6 is 0 Å². The van der Waals surface area contributed by atoms with Gasteiger partial charge in [-0.05, 0) is 6.07 Å². The Kier molecular flexibility index (Phi) is 3.74. The molecule has 2 aromatic heterocycles. The molecule has 0 atom stereocenters. The summed E-state index contributed by atoms with van der Waals surface area (Å²) in [7, 11) is 3.83. The molecule has 3 rings (SSSR count). The van der Waals surface area contributed by atoms with E-state index in [0.29, 0.717) is 6.54 Å². The number of carbonyl (C=O) groups is 1. The molecule has 0 radical (unpaired) electrons. The van der Waals surface area contributed by atoms with E-state index in [1.165, 1.54) is 0 Å². The van der Waals surface area contributed by atoms with E-state index in [2.05, 4.69) is 15.3 Å². The van der Waals surface area contributed by atoms with E-state index in [9.17, 15) is 4.79 Å². The van der Waals surface area contributed by atoms with Crippen LogP contribution in [0.5, 0.6) is 0 Å². The molecule has 2 aromatic rings. The van der Waals surface area contributed by atoms with Gasteiger partial charge in [-0.3, -0.25) is 4.79 Å². The van der Waals surface area contributed by atoms with Crippen LogP contribution in [0.1, 0.15) is 0 Å². The van der Waals surface area contributed by atoms with E-state index in [0.717, 1.165) is 43.0 Å². The van der Waals surface area contributed by atoms with E-state index >= 15 is 0 Å². The Hall–Kier alpha value is -2.15. The highest BCUT2D eigenvalue weighted by atomic mass is 16.2. The number of carbonyl (C=O) groups excluding carboxylic acids is 1. The van der Waals surface area contributed by atoms with Gasteiger partial charge in [0.2, 0.25) is 5.91 Å². The minimum Gasteiger partial charge on any atom is -0.349 e. The minimum atomic E-state index is 0.133. The number of pyridine rings is 1. The molecule has 1 aliphatic heterocycles. The summed E-state index contributed by atoms with van der Waals surface area (Å²) < 4.78 is 1.95. The zero-order valence-electron chi connectivity index (χ0n) is 12.4. The number of piperazine rings is 1. The van der Waals surface area contributed by atoms with Crippen molar-refractivity contribution in [1.82, 2.24) is 24.8 Å². The summed E-state index contributed by atoms with van der Waals surface area (Å²) in [6.07, 6.45) is 3.52. The zero-order chi connectivity index (χ0) is 14.8. The number of hydrogen-bond acceptors (Lipinski definition) is 5. The second-order valence-electron chi connectivity index (χ2n) is 5.34. The number of anilines is 1. The van der Waals surface area contributed by atoms with Crippen molar-refractivity contribution in [3.8, 4) is 0 Å². The molecule has 0 bridgehead atoms. The van der Waals surface area contributed by atoms with Crippen LogP contribution in [0, 0.1) is 0 Å². The second-order valence-corrected chi connectivity index (χ2v) is 5.34. The Balaban J connectivity index is 1.77. The molecule has 1 N–H and O–H groups in total. The lowest BCUT2D eigenvalue weighted by Gasteiger charge is -2.29. The van der Waals surface area contributed by atoms with E-state index in [-0.39, 0.29) is 5.91 Å². The molecule has 1 saturated heterocycles. The number of fused-ring (bicyclic) bond motifs is 1. The van der Waals surface area contributed by atoms with Crippen LogP contribution in [0.2, 0.25) is 0 Å². The number of amides is 1. The zero-order valence-corrected chi connectivity index (χ0v) is 12.4. The van der Waals surface area contributed by atoms with Crippen LogP contribution in [-0.4, -0.2) is 65.1 Å². The van der Waals surface area contributed by atoms with Crippen LogP contribution in [-0.2, 0) is 11.8 Å². The van der Waals surface area contributed by atoms with Gasteiger partial charge in [0, 0.05) is 46.5 Å². The molecule has 1 fully saturated rings. The molecule has 0 aromatic carbocycles. The highest BCUT2D eigenvalue weighted by Crippen LogP contribution is 2.21. The first-order valence-electron chi connectivity index (χ1n) is 7.12. The number of likely N-dealkylation sites (N-methyl/N-ethyl adjacent to an activating group) is 1. The van der Waals surface area contributed by atoms with E-state index in [4.69, 9.17) is 0 Å². The van der Waals surface area contributed by atoms with E-state index < -0.39 is 0 Å². The van der Waals surface area contributed by atoms with Crippen molar-refractivity contribution < 1.29 is 4.79 Å². The van der Waals surface area contributed by atoms with Crippen molar-refractivity contribution in [3.63, 3.8) is 0 Å². The Morgan fingerprint density at radius 2 is 2.14 bits per heavy atom. The summed E-state index contributed by atoms with van der Waals surface area (Å²) in [5.74, 6) is 0.880. The monoisotopic (exact) mass is 288 g/mol. The number of aromatic nitrogens is 3. The third-order valence-corrected chi connectivity index (χ3v) is 3.83. The van der Waals surface area contributed by atoms with Crippen LogP contribution < -0.4 is 10.2 Å². The van der Waals surface area contributed by atoms with E-state index in [1.54, 1.807) is 12.5 Å². The Morgan fingerprint density at radius 3 is 2.90 bits per heavy atom. The lowest BCUT2D eigenvalue weighted by atomic mass is 10.3. The van der Waals surface area contributed by atoms with Crippen LogP contribution in [0.15, 0.2) is 18.6 Å². The Labute approximate surface area is 123 Å². The first-order valence-corrected chi connectivity index (χ1v) is 7.12. The fraction of sp³-hybridized carbons (Fsp3) is 0.500. The molecule has 1 aliphatic rings. The van der Waals surface area contributed by atoms with Gasteiger partial charge in [-0.1, -0.05) is 0 Å². The number of imidazole rings is 1. The molecule has 0 unspecified atom stereocenters. The maximum atomic E-state index is 12.3. The molecule has 7 heteroatoms. The molecule has 0 aliphatic carbocycles. The lowest BCUT2D eigenvalue weighted by Crippen LogP contribution is -2.49. The third-order valence-electron chi connectivity index (χ3n) is 3.83. The number of nitrogens with zero attached hydrogens (tertiary/aromatic N) is 5. The summed E-state index contributed by atoms with van der Waals surface area (Å²) in [4.78, 5) is 24.9. The normalized spacial score (nSPS) is 15.4. The maximum absolute atomic E-state index is 12.3. The lowest BCUT2D eigenvalue weighted by molar-refractivity contribution is -0.130. The van der Waals surface area contributed by atoms with E-state index in [1.807, 2.05) is 34.5 Å². The molecule has 0 spiro atoms. The molecule has 112 valence electrons. The molecule has 0 saturated carbocycles. The largest absolute Gasteiger partial charge is 0.349 e. The predicted molar refractivity (Wildman–Crippen MR) is 81.2 cm³/mol. The number of rotatable bonds is 3. The summed E-state index contributed by atoms with van der Waals surface area (Å²) in [5, 5.41) is 3.25. The van der Waals surface area contributed by atoms with Crippen molar-refractivity contribution in [1.29, 1.82) is 0 Å². The average molecular weight is 288 g/mol. The second kappa shape index (κ2) is 5.69. The van der Waals surface area contributed by atoms with Gasteiger partial charge in [0.25, 0.3) is 0 Å². The first kappa shape index (κ1) is 13.8. The van der Waals surface area contributed by atoms with Crippen LogP contribution in [0.25, 0.3) is 11.0 Å². The first-order chi connectivity index (χ1) is 10.2.